The van der Waals surface area contributed by atoms with E-state index in [0.717, 1.165) is 30.4 Å². The van der Waals surface area contributed by atoms with Gasteiger partial charge in [-0.15, -0.1) is 11.8 Å². The minimum atomic E-state index is 0.0152. The van der Waals surface area contributed by atoms with Gasteiger partial charge in [0.05, 0.1) is 0 Å². The first-order valence-corrected chi connectivity index (χ1v) is 8.45. The second-order valence-corrected chi connectivity index (χ2v) is 8.03. The van der Waals surface area contributed by atoms with E-state index >= 15 is 0 Å². The fourth-order valence-corrected chi connectivity index (χ4v) is 4.16. The van der Waals surface area contributed by atoms with E-state index in [4.69, 9.17) is 4.42 Å². The second-order valence-electron chi connectivity index (χ2n) is 6.85. The molecule has 1 aliphatic rings. The van der Waals surface area contributed by atoms with Crippen LogP contribution in [0, 0.1) is 12.3 Å². The number of nitrogens with zero attached hydrogens (tertiary/aromatic N) is 2. The Morgan fingerprint density at radius 3 is 2.71 bits per heavy atom. The van der Waals surface area contributed by atoms with Crippen molar-refractivity contribution in [1.82, 2.24) is 9.80 Å². The number of aryl methyl sites for hydroxylation is 1. The Morgan fingerprint density at radius 2 is 2.14 bits per heavy atom. The molecule has 2 rings (SSSR count). The van der Waals surface area contributed by atoms with Gasteiger partial charge in [0, 0.05) is 25.3 Å². The molecule has 1 amide bonds. The molecule has 0 spiro atoms. The number of thioether (sulfide) groups is 1. The minimum absolute atomic E-state index is 0.0152. The molecule has 1 unspecified atom stereocenters. The van der Waals surface area contributed by atoms with Crippen molar-refractivity contribution in [3.05, 3.63) is 23.7 Å². The van der Waals surface area contributed by atoms with Crippen LogP contribution in [0.15, 0.2) is 16.5 Å². The van der Waals surface area contributed by atoms with E-state index in [-0.39, 0.29) is 16.7 Å². The molecule has 1 fully saturated rings. The molecule has 0 saturated carbocycles. The van der Waals surface area contributed by atoms with Crippen molar-refractivity contribution in [2.75, 3.05) is 32.9 Å². The third-order valence-corrected chi connectivity index (χ3v) is 4.78. The van der Waals surface area contributed by atoms with Crippen LogP contribution in [0.4, 0.5) is 0 Å². The van der Waals surface area contributed by atoms with Gasteiger partial charge in [0.25, 0.3) is 0 Å². The zero-order chi connectivity index (χ0) is 15.6. The molecule has 1 atom stereocenters. The Balaban J connectivity index is 2.17. The van der Waals surface area contributed by atoms with Gasteiger partial charge in [-0.25, -0.2) is 0 Å². The summed E-state index contributed by atoms with van der Waals surface area (Å²) in [4.78, 5) is 16.6. The lowest BCUT2D eigenvalue weighted by atomic mass is 9.92. The first-order chi connectivity index (χ1) is 9.78. The lowest BCUT2D eigenvalue weighted by Gasteiger charge is -2.40. The summed E-state index contributed by atoms with van der Waals surface area (Å²) < 4.78 is 5.77. The van der Waals surface area contributed by atoms with Crippen molar-refractivity contribution in [2.45, 2.75) is 32.6 Å². The third-order valence-electron chi connectivity index (χ3n) is 3.54. The van der Waals surface area contributed by atoms with E-state index in [9.17, 15) is 4.79 Å². The molecule has 1 aromatic heterocycles. The monoisotopic (exact) mass is 310 g/mol. The van der Waals surface area contributed by atoms with Crippen LogP contribution in [-0.4, -0.2) is 48.6 Å². The average molecular weight is 310 g/mol. The zero-order valence-electron chi connectivity index (χ0n) is 13.7. The molecule has 1 saturated heterocycles. The summed E-state index contributed by atoms with van der Waals surface area (Å²) >= 11 is 1.80. The number of amides is 1. The summed E-state index contributed by atoms with van der Waals surface area (Å²) in [5.41, 5.74) is 0.0525. The van der Waals surface area contributed by atoms with Crippen LogP contribution in [0.25, 0.3) is 0 Å². The molecule has 0 aromatic carbocycles. The summed E-state index contributed by atoms with van der Waals surface area (Å²) in [5.74, 6) is 2.90. The average Bonchev–Trinajstić information content (AvgIpc) is 2.76. The molecular formula is C16H26N2O2S. The number of carbonyl (C=O) groups excluding carboxylic acids is 1. The molecule has 118 valence electrons. The van der Waals surface area contributed by atoms with Crippen molar-refractivity contribution in [3.63, 3.8) is 0 Å². The van der Waals surface area contributed by atoms with Crippen LogP contribution < -0.4 is 0 Å². The minimum Gasteiger partial charge on any atom is -0.463 e. The molecule has 0 N–H and O–H groups in total. The molecular weight excluding hydrogens is 284 g/mol. The molecule has 1 aromatic rings. The maximum atomic E-state index is 12.4. The van der Waals surface area contributed by atoms with E-state index in [1.165, 1.54) is 0 Å². The van der Waals surface area contributed by atoms with Crippen LogP contribution in [0.2, 0.25) is 0 Å². The summed E-state index contributed by atoms with van der Waals surface area (Å²) in [6.45, 7) is 8.07. The fraction of sp³-hybridized carbons (Fsp3) is 0.688. The van der Waals surface area contributed by atoms with Crippen molar-refractivity contribution in [1.29, 1.82) is 0 Å². The third kappa shape index (κ3) is 4.27. The van der Waals surface area contributed by atoms with Gasteiger partial charge in [0.2, 0.25) is 5.91 Å². The lowest BCUT2D eigenvalue weighted by Crippen LogP contribution is -2.45. The highest BCUT2D eigenvalue weighted by atomic mass is 32.2. The highest BCUT2D eigenvalue weighted by Crippen LogP contribution is 2.39. The highest BCUT2D eigenvalue weighted by Gasteiger charge is 2.35. The van der Waals surface area contributed by atoms with Gasteiger partial charge in [0.1, 0.15) is 16.9 Å². The number of furan rings is 1. The predicted octanol–water partition coefficient (Wildman–Crippen LogP) is 3.14. The maximum absolute atomic E-state index is 12.4. The van der Waals surface area contributed by atoms with Gasteiger partial charge in [0.15, 0.2) is 0 Å². The standard InChI is InChI=1S/C16H26N2O2S/c1-12-6-7-13(20-12)15-18(14(19)8-9-21-15)11-16(2,3)10-17(4)5/h6-7,15H,8-11H2,1-5H3. The summed E-state index contributed by atoms with van der Waals surface area (Å²) in [6.07, 6.45) is 0.624. The van der Waals surface area contributed by atoms with Crippen LogP contribution in [0.5, 0.6) is 0 Å². The second kappa shape index (κ2) is 6.44. The highest BCUT2D eigenvalue weighted by molar-refractivity contribution is 7.99. The Labute approximate surface area is 131 Å². The van der Waals surface area contributed by atoms with Crippen LogP contribution in [0.1, 0.15) is 37.2 Å². The SMILES string of the molecule is Cc1ccc(C2SCCC(=O)N2CC(C)(C)CN(C)C)o1. The number of hydrogen-bond acceptors (Lipinski definition) is 4. The normalized spacial score (nSPS) is 20.4. The molecule has 5 heteroatoms. The van der Waals surface area contributed by atoms with Crippen molar-refractivity contribution in [3.8, 4) is 0 Å². The maximum Gasteiger partial charge on any atom is 0.224 e. The molecule has 2 heterocycles. The molecule has 0 radical (unpaired) electrons. The van der Waals surface area contributed by atoms with E-state index < -0.39 is 0 Å². The van der Waals surface area contributed by atoms with Gasteiger partial charge in [-0.2, -0.15) is 0 Å². The van der Waals surface area contributed by atoms with Gasteiger partial charge in [-0.3, -0.25) is 4.79 Å². The van der Waals surface area contributed by atoms with Gasteiger partial charge < -0.3 is 14.2 Å². The van der Waals surface area contributed by atoms with Crippen LogP contribution in [0.3, 0.4) is 0 Å². The smallest absolute Gasteiger partial charge is 0.224 e. The Kier molecular flexibility index (Phi) is 5.04. The number of rotatable bonds is 5. The number of hydrogen-bond donors (Lipinski definition) is 0. The van der Waals surface area contributed by atoms with E-state index in [0.29, 0.717) is 6.42 Å². The molecule has 4 nitrogen and oxygen atoms in total. The topological polar surface area (TPSA) is 36.7 Å². The molecule has 1 aliphatic heterocycles. The first-order valence-electron chi connectivity index (χ1n) is 7.41. The first kappa shape index (κ1) is 16.4. The summed E-state index contributed by atoms with van der Waals surface area (Å²) in [6, 6.07) is 3.97. The Hall–Kier alpha value is -0.940. The van der Waals surface area contributed by atoms with Gasteiger partial charge in [-0.05, 0) is 38.6 Å². The molecule has 0 bridgehead atoms. The Morgan fingerprint density at radius 1 is 1.43 bits per heavy atom. The van der Waals surface area contributed by atoms with E-state index in [2.05, 4.69) is 32.8 Å². The molecule has 0 aliphatic carbocycles. The largest absolute Gasteiger partial charge is 0.463 e. The molecule has 21 heavy (non-hydrogen) atoms. The van der Waals surface area contributed by atoms with Crippen molar-refractivity contribution >= 4 is 17.7 Å². The summed E-state index contributed by atoms with van der Waals surface area (Å²) in [5, 5.41) is 0.0152. The van der Waals surface area contributed by atoms with E-state index in [1.807, 2.05) is 24.0 Å². The number of carbonyl (C=O) groups is 1. The quantitative estimate of drug-likeness (QED) is 0.837. The van der Waals surface area contributed by atoms with Crippen LogP contribution in [-0.2, 0) is 4.79 Å². The fourth-order valence-electron chi connectivity index (χ4n) is 2.98. The van der Waals surface area contributed by atoms with Gasteiger partial charge >= 0.3 is 0 Å². The predicted molar refractivity (Wildman–Crippen MR) is 87.3 cm³/mol. The van der Waals surface area contributed by atoms with Crippen molar-refractivity contribution in [2.24, 2.45) is 5.41 Å². The van der Waals surface area contributed by atoms with Crippen molar-refractivity contribution < 1.29 is 9.21 Å². The van der Waals surface area contributed by atoms with E-state index in [1.54, 1.807) is 11.8 Å². The van der Waals surface area contributed by atoms with Gasteiger partial charge in [-0.1, -0.05) is 13.8 Å². The van der Waals surface area contributed by atoms with Crippen LogP contribution >= 0.6 is 11.8 Å². The lowest BCUT2D eigenvalue weighted by molar-refractivity contribution is -0.134. The Bertz CT molecular complexity index is 496. The summed E-state index contributed by atoms with van der Waals surface area (Å²) in [7, 11) is 4.14. The zero-order valence-corrected chi connectivity index (χ0v) is 14.5.